The molecule has 16 heavy (non-hydrogen) atoms. The molecular weight excluding hydrogens is 219 g/mol. The minimum atomic E-state index is 0.250. The molecule has 0 heterocycles. The van der Waals surface area contributed by atoms with Crippen LogP contribution in [-0.2, 0) is 6.61 Å². The van der Waals surface area contributed by atoms with Crippen LogP contribution in [0.25, 0.3) is 0 Å². The highest BCUT2D eigenvalue weighted by molar-refractivity contribution is 7.27. The second kappa shape index (κ2) is 5.00. The Kier molecular flexibility index (Phi) is 3.43. The first-order valence-electron chi connectivity index (χ1n) is 5.00. The Bertz CT molecular complexity index is 403. The molecule has 0 aliphatic heterocycles. The first kappa shape index (κ1) is 11.0. The van der Waals surface area contributed by atoms with E-state index in [9.17, 15) is 0 Å². The average Bonchev–Trinajstić information content (AvgIpc) is 2.30. The summed E-state index contributed by atoms with van der Waals surface area (Å²) < 4.78 is 5.57. The van der Waals surface area contributed by atoms with Crippen LogP contribution in [0.15, 0.2) is 48.5 Å². The van der Waals surface area contributed by atoms with Gasteiger partial charge in [0.05, 0.1) is 0 Å². The van der Waals surface area contributed by atoms with Gasteiger partial charge in [-0.1, -0.05) is 24.3 Å². The SMILES string of the molecule is Oc1ccc(OCc2ccc(P)cc2)cc1. The molecule has 0 fully saturated rings. The smallest absolute Gasteiger partial charge is 0.120 e. The van der Waals surface area contributed by atoms with E-state index in [1.165, 1.54) is 0 Å². The van der Waals surface area contributed by atoms with Crippen molar-refractivity contribution in [1.29, 1.82) is 0 Å². The van der Waals surface area contributed by atoms with Crippen molar-refractivity contribution in [2.24, 2.45) is 0 Å². The number of hydrogen-bond donors (Lipinski definition) is 1. The minimum Gasteiger partial charge on any atom is -0.508 e. The van der Waals surface area contributed by atoms with Crippen LogP contribution in [0.5, 0.6) is 11.5 Å². The van der Waals surface area contributed by atoms with Crippen molar-refractivity contribution >= 4 is 14.5 Å². The van der Waals surface area contributed by atoms with E-state index in [1.807, 2.05) is 24.3 Å². The van der Waals surface area contributed by atoms with E-state index < -0.39 is 0 Å². The zero-order valence-corrected chi connectivity index (χ0v) is 9.91. The summed E-state index contributed by atoms with van der Waals surface area (Å²) in [4.78, 5) is 0. The molecule has 2 nitrogen and oxygen atoms in total. The van der Waals surface area contributed by atoms with Crippen molar-refractivity contribution in [3.8, 4) is 11.5 Å². The largest absolute Gasteiger partial charge is 0.508 e. The third-order valence-electron chi connectivity index (χ3n) is 2.22. The first-order valence-corrected chi connectivity index (χ1v) is 5.58. The summed E-state index contributed by atoms with van der Waals surface area (Å²) >= 11 is 0. The Morgan fingerprint density at radius 3 is 2.19 bits per heavy atom. The molecule has 0 saturated heterocycles. The zero-order chi connectivity index (χ0) is 11.4. The van der Waals surface area contributed by atoms with Crippen LogP contribution in [-0.4, -0.2) is 5.11 Å². The Morgan fingerprint density at radius 1 is 0.938 bits per heavy atom. The maximum absolute atomic E-state index is 9.11. The van der Waals surface area contributed by atoms with Crippen LogP contribution >= 0.6 is 9.24 Å². The van der Waals surface area contributed by atoms with Crippen LogP contribution in [0.2, 0.25) is 0 Å². The Balaban J connectivity index is 1.97. The molecular formula is C13H13O2P. The van der Waals surface area contributed by atoms with Gasteiger partial charge in [-0.15, -0.1) is 9.24 Å². The zero-order valence-electron chi connectivity index (χ0n) is 8.76. The lowest BCUT2D eigenvalue weighted by atomic mass is 10.2. The van der Waals surface area contributed by atoms with Gasteiger partial charge in [-0.05, 0) is 35.1 Å². The highest BCUT2D eigenvalue weighted by Gasteiger charge is 1.96. The number of phenolic OH excluding ortho intramolecular Hbond substituents is 1. The molecule has 0 aliphatic rings. The average molecular weight is 232 g/mol. The summed E-state index contributed by atoms with van der Waals surface area (Å²) in [6.45, 7) is 0.537. The van der Waals surface area contributed by atoms with Crippen LogP contribution in [0.4, 0.5) is 0 Å². The van der Waals surface area contributed by atoms with Gasteiger partial charge in [0.1, 0.15) is 18.1 Å². The molecule has 2 aromatic rings. The van der Waals surface area contributed by atoms with E-state index in [2.05, 4.69) is 9.24 Å². The lowest BCUT2D eigenvalue weighted by Gasteiger charge is -2.06. The van der Waals surface area contributed by atoms with Gasteiger partial charge in [-0.2, -0.15) is 0 Å². The van der Waals surface area contributed by atoms with Crippen LogP contribution in [0.1, 0.15) is 5.56 Å². The quantitative estimate of drug-likeness (QED) is 0.824. The molecule has 0 saturated carbocycles. The summed E-state index contributed by atoms with van der Waals surface area (Å²) in [6.07, 6.45) is 0. The number of hydrogen-bond acceptors (Lipinski definition) is 2. The predicted molar refractivity (Wildman–Crippen MR) is 68.2 cm³/mol. The lowest BCUT2D eigenvalue weighted by molar-refractivity contribution is 0.305. The van der Waals surface area contributed by atoms with Gasteiger partial charge in [-0.3, -0.25) is 0 Å². The molecule has 1 atom stereocenters. The summed E-state index contributed by atoms with van der Waals surface area (Å²) in [7, 11) is 2.65. The molecule has 0 amide bonds. The van der Waals surface area contributed by atoms with E-state index >= 15 is 0 Å². The molecule has 0 radical (unpaired) electrons. The van der Waals surface area contributed by atoms with Gasteiger partial charge in [-0.25, -0.2) is 0 Å². The maximum Gasteiger partial charge on any atom is 0.120 e. The highest BCUT2D eigenvalue weighted by Crippen LogP contribution is 2.17. The van der Waals surface area contributed by atoms with Gasteiger partial charge in [0, 0.05) is 0 Å². The molecule has 1 unspecified atom stereocenters. The van der Waals surface area contributed by atoms with E-state index in [0.29, 0.717) is 6.61 Å². The third-order valence-corrected chi connectivity index (χ3v) is 2.61. The number of benzene rings is 2. The van der Waals surface area contributed by atoms with Crippen LogP contribution in [0, 0.1) is 0 Å². The van der Waals surface area contributed by atoms with Gasteiger partial charge in [0.25, 0.3) is 0 Å². The number of rotatable bonds is 3. The second-order valence-electron chi connectivity index (χ2n) is 3.52. The van der Waals surface area contributed by atoms with Crippen LogP contribution in [0.3, 0.4) is 0 Å². The summed E-state index contributed by atoms with van der Waals surface area (Å²) in [5.41, 5.74) is 1.12. The highest BCUT2D eigenvalue weighted by atomic mass is 31.0. The van der Waals surface area contributed by atoms with Crippen LogP contribution < -0.4 is 10.0 Å². The third kappa shape index (κ3) is 2.98. The molecule has 0 bridgehead atoms. The Hall–Kier alpha value is -1.53. The standard InChI is InChI=1S/C13H13O2P/c14-11-3-5-12(6-4-11)15-9-10-1-7-13(16)8-2-10/h1-8,14H,9,16H2. The summed E-state index contributed by atoms with van der Waals surface area (Å²) in [5.74, 6) is 1.01. The fourth-order valence-corrected chi connectivity index (χ4v) is 1.52. The molecule has 0 aliphatic carbocycles. The monoisotopic (exact) mass is 232 g/mol. The topological polar surface area (TPSA) is 29.5 Å². The van der Waals surface area contributed by atoms with Crippen molar-refractivity contribution in [1.82, 2.24) is 0 Å². The molecule has 2 rings (SSSR count). The number of ether oxygens (including phenoxy) is 1. The maximum atomic E-state index is 9.11. The van der Waals surface area contributed by atoms with E-state index in [0.717, 1.165) is 16.6 Å². The predicted octanol–water partition coefficient (Wildman–Crippen LogP) is 2.47. The fraction of sp³-hybridized carbons (Fsp3) is 0.0769. The summed E-state index contributed by atoms with van der Waals surface area (Å²) in [5, 5.41) is 10.3. The Morgan fingerprint density at radius 2 is 1.56 bits per heavy atom. The van der Waals surface area contributed by atoms with E-state index in [-0.39, 0.29) is 5.75 Å². The number of phenols is 1. The molecule has 0 aromatic heterocycles. The first-order chi connectivity index (χ1) is 7.74. The summed E-state index contributed by atoms with van der Waals surface area (Å²) in [6, 6.07) is 14.8. The minimum absolute atomic E-state index is 0.250. The molecule has 3 heteroatoms. The normalized spacial score (nSPS) is 10.1. The molecule has 1 N–H and O–H groups in total. The van der Waals surface area contributed by atoms with Gasteiger partial charge in [0.15, 0.2) is 0 Å². The van der Waals surface area contributed by atoms with Crippen molar-refractivity contribution < 1.29 is 9.84 Å². The second-order valence-corrected chi connectivity index (χ2v) is 4.19. The van der Waals surface area contributed by atoms with E-state index in [4.69, 9.17) is 9.84 Å². The van der Waals surface area contributed by atoms with Crippen molar-refractivity contribution in [3.63, 3.8) is 0 Å². The Labute approximate surface area is 97.1 Å². The van der Waals surface area contributed by atoms with Gasteiger partial charge >= 0.3 is 0 Å². The molecule has 0 spiro atoms. The van der Waals surface area contributed by atoms with Gasteiger partial charge in [0.2, 0.25) is 0 Å². The van der Waals surface area contributed by atoms with Crippen molar-refractivity contribution in [2.45, 2.75) is 6.61 Å². The lowest BCUT2D eigenvalue weighted by Crippen LogP contribution is -1.97. The van der Waals surface area contributed by atoms with Crippen molar-refractivity contribution in [2.75, 3.05) is 0 Å². The van der Waals surface area contributed by atoms with Crippen molar-refractivity contribution in [3.05, 3.63) is 54.1 Å². The fourth-order valence-electron chi connectivity index (χ4n) is 1.32. The van der Waals surface area contributed by atoms with Gasteiger partial charge < -0.3 is 9.84 Å². The molecule has 2 aromatic carbocycles. The number of aromatic hydroxyl groups is 1. The van der Waals surface area contributed by atoms with E-state index in [1.54, 1.807) is 24.3 Å². The molecule has 82 valence electrons.